The molecule has 0 heterocycles. The summed E-state index contributed by atoms with van der Waals surface area (Å²) in [6.45, 7) is 5.63. The van der Waals surface area contributed by atoms with Crippen molar-refractivity contribution < 1.29 is 17.9 Å². The van der Waals surface area contributed by atoms with Gasteiger partial charge in [0.05, 0.1) is 10.9 Å². The average molecular weight is 439 g/mol. The van der Waals surface area contributed by atoms with Crippen LogP contribution in [0.4, 0.5) is 5.69 Å². The Morgan fingerprint density at radius 3 is 2.26 bits per heavy atom. The molecule has 1 amide bonds. The van der Waals surface area contributed by atoms with E-state index in [4.69, 9.17) is 4.74 Å². The van der Waals surface area contributed by atoms with Crippen LogP contribution in [0.2, 0.25) is 0 Å². The summed E-state index contributed by atoms with van der Waals surface area (Å²) in [6.07, 6.45) is 0. The van der Waals surface area contributed by atoms with Crippen LogP contribution < -0.4 is 14.8 Å². The van der Waals surface area contributed by atoms with Gasteiger partial charge in [0.15, 0.2) is 6.61 Å². The minimum atomic E-state index is -3.72. The largest absolute Gasteiger partial charge is 0.484 e. The van der Waals surface area contributed by atoms with Gasteiger partial charge in [-0.1, -0.05) is 36.4 Å². The molecule has 0 aliphatic rings. The number of ether oxygens (including phenoxy) is 1. The van der Waals surface area contributed by atoms with Gasteiger partial charge in [0.2, 0.25) is 0 Å². The van der Waals surface area contributed by atoms with E-state index < -0.39 is 10.0 Å². The van der Waals surface area contributed by atoms with Crippen LogP contribution in [0.25, 0.3) is 0 Å². The highest BCUT2D eigenvalue weighted by Crippen LogP contribution is 2.21. The first-order valence-corrected chi connectivity index (χ1v) is 11.4. The first-order valence-electron chi connectivity index (χ1n) is 9.92. The van der Waals surface area contributed by atoms with Gasteiger partial charge in [0, 0.05) is 5.69 Å². The molecule has 2 N–H and O–H groups in total. The Morgan fingerprint density at radius 1 is 0.935 bits per heavy atom. The van der Waals surface area contributed by atoms with Crippen LogP contribution in [0.5, 0.6) is 5.75 Å². The maximum atomic E-state index is 12.6. The fourth-order valence-electron chi connectivity index (χ4n) is 2.99. The highest BCUT2D eigenvalue weighted by atomic mass is 32.2. The van der Waals surface area contributed by atoms with E-state index in [0.717, 1.165) is 16.7 Å². The van der Waals surface area contributed by atoms with Gasteiger partial charge in [-0.3, -0.25) is 9.52 Å². The molecule has 0 saturated carbocycles. The molecule has 3 aromatic carbocycles. The van der Waals surface area contributed by atoms with Crippen molar-refractivity contribution in [1.29, 1.82) is 0 Å². The van der Waals surface area contributed by atoms with Crippen molar-refractivity contribution in [3.8, 4) is 5.75 Å². The standard InChI is InChI=1S/C24H26N2O4S/c1-17-9-10-21(15-18(17)2)26-31(28,29)23-13-11-22(12-14-23)30-16-24(27)25-19(3)20-7-5-4-6-8-20/h4-15,19,26H,16H2,1-3H3,(H,25,27)/t19-/m0/s1. The van der Waals surface area contributed by atoms with Gasteiger partial charge in [0.1, 0.15) is 5.75 Å². The number of benzene rings is 3. The van der Waals surface area contributed by atoms with Crippen molar-refractivity contribution >= 4 is 21.6 Å². The molecule has 0 unspecified atom stereocenters. The monoisotopic (exact) mass is 438 g/mol. The second kappa shape index (κ2) is 9.66. The molecule has 1 atom stereocenters. The van der Waals surface area contributed by atoms with E-state index in [1.807, 2.05) is 57.2 Å². The molecule has 31 heavy (non-hydrogen) atoms. The van der Waals surface area contributed by atoms with Gasteiger partial charge in [-0.25, -0.2) is 8.42 Å². The highest BCUT2D eigenvalue weighted by Gasteiger charge is 2.15. The number of amides is 1. The fourth-order valence-corrected chi connectivity index (χ4v) is 4.04. The number of carbonyl (C=O) groups excluding carboxylic acids is 1. The van der Waals surface area contributed by atoms with E-state index in [1.54, 1.807) is 12.1 Å². The highest BCUT2D eigenvalue weighted by molar-refractivity contribution is 7.92. The molecule has 6 nitrogen and oxygen atoms in total. The van der Waals surface area contributed by atoms with Crippen molar-refractivity contribution in [3.63, 3.8) is 0 Å². The molecule has 0 bridgehead atoms. The Labute approximate surface area is 183 Å². The predicted molar refractivity (Wildman–Crippen MR) is 122 cm³/mol. The maximum absolute atomic E-state index is 12.6. The van der Waals surface area contributed by atoms with Crippen molar-refractivity contribution in [2.24, 2.45) is 0 Å². The van der Waals surface area contributed by atoms with Crippen molar-refractivity contribution in [2.75, 3.05) is 11.3 Å². The normalized spacial score (nSPS) is 12.1. The van der Waals surface area contributed by atoms with E-state index >= 15 is 0 Å². The summed E-state index contributed by atoms with van der Waals surface area (Å²) in [4.78, 5) is 12.3. The smallest absolute Gasteiger partial charge is 0.261 e. The summed E-state index contributed by atoms with van der Waals surface area (Å²) >= 11 is 0. The Bertz CT molecular complexity index is 1140. The van der Waals surface area contributed by atoms with Crippen LogP contribution in [0.15, 0.2) is 77.7 Å². The summed E-state index contributed by atoms with van der Waals surface area (Å²) in [5.74, 6) is 0.150. The first kappa shape index (κ1) is 22.4. The van der Waals surface area contributed by atoms with Crippen molar-refractivity contribution in [3.05, 3.63) is 89.5 Å². The molecule has 0 aromatic heterocycles. The third-order valence-corrected chi connectivity index (χ3v) is 6.34. The molecule has 0 fully saturated rings. The van der Waals surface area contributed by atoms with E-state index in [2.05, 4.69) is 10.0 Å². The number of rotatable bonds is 8. The van der Waals surface area contributed by atoms with Gasteiger partial charge in [-0.05, 0) is 73.9 Å². The molecular weight excluding hydrogens is 412 g/mol. The zero-order valence-corrected chi connectivity index (χ0v) is 18.6. The molecule has 3 aromatic rings. The number of nitrogens with one attached hydrogen (secondary N) is 2. The lowest BCUT2D eigenvalue weighted by molar-refractivity contribution is -0.123. The summed E-state index contributed by atoms with van der Waals surface area (Å²) in [7, 11) is -3.72. The number of hydrogen-bond acceptors (Lipinski definition) is 4. The SMILES string of the molecule is Cc1ccc(NS(=O)(=O)c2ccc(OCC(=O)N[C@@H](C)c3ccccc3)cc2)cc1C. The number of anilines is 1. The van der Waals surface area contributed by atoms with Gasteiger partial charge < -0.3 is 10.1 Å². The lowest BCUT2D eigenvalue weighted by Crippen LogP contribution is -2.31. The van der Waals surface area contributed by atoms with Crippen LogP contribution in [0.1, 0.15) is 29.7 Å². The molecular formula is C24H26N2O4S. The second-order valence-corrected chi connectivity index (χ2v) is 9.05. The maximum Gasteiger partial charge on any atom is 0.261 e. The average Bonchev–Trinajstić information content (AvgIpc) is 2.75. The molecule has 0 spiro atoms. The molecule has 0 aliphatic carbocycles. The summed E-state index contributed by atoms with van der Waals surface area (Å²) in [5, 5.41) is 2.87. The molecule has 162 valence electrons. The number of carbonyl (C=O) groups is 1. The summed E-state index contributed by atoms with van der Waals surface area (Å²) in [6, 6.07) is 20.8. The van der Waals surface area contributed by atoms with E-state index in [0.29, 0.717) is 11.4 Å². The topological polar surface area (TPSA) is 84.5 Å². The van der Waals surface area contributed by atoms with Gasteiger partial charge in [0.25, 0.3) is 15.9 Å². The lowest BCUT2D eigenvalue weighted by atomic mass is 10.1. The predicted octanol–water partition coefficient (Wildman–Crippen LogP) is 4.36. The quantitative estimate of drug-likeness (QED) is 0.547. The van der Waals surface area contributed by atoms with Crippen molar-refractivity contribution in [2.45, 2.75) is 31.7 Å². The molecule has 3 rings (SSSR count). The van der Waals surface area contributed by atoms with E-state index in [1.165, 1.54) is 24.3 Å². The van der Waals surface area contributed by atoms with E-state index in [9.17, 15) is 13.2 Å². The minimum absolute atomic E-state index is 0.111. The van der Waals surface area contributed by atoms with Gasteiger partial charge in [-0.15, -0.1) is 0 Å². The minimum Gasteiger partial charge on any atom is -0.484 e. The zero-order chi connectivity index (χ0) is 22.4. The molecule has 0 aliphatic heterocycles. The molecule has 0 saturated heterocycles. The van der Waals surface area contributed by atoms with Crippen LogP contribution in [0.3, 0.4) is 0 Å². The Balaban J connectivity index is 1.56. The van der Waals surface area contributed by atoms with Gasteiger partial charge >= 0.3 is 0 Å². The van der Waals surface area contributed by atoms with Crippen LogP contribution in [-0.2, 0) is 14.8 Å². The van der Waals surface area contributed by atoms with Crippen LogP contribution in [0, 0.1) is 13.8 Å². The van der Waals surface area contributed by atoms with Crippen LogP contribution in [-0.4, -0.2) is 20.9 Å². The number of aryl methyl sites for hydroxylation is 2. The first-order chi connectivity index (χ1) is 14.7. The summed E-state index contributed by atoms with van der Waals surface area (Å²) < 4.78 is 33.3. The molecule has 7 heteroatoms. The molecule has 0 radical (unpaired) electrons. The summed E-state index contributed by atoms with van der Waals surface area (Å²) in [5.41, 5.74) is 3.60. The van der Waals surface area contributed by atoms with Gasteiger partial charge in [-0.2, -0.15) is 0 Å². The fraction of sp³-hybridized carbons (Fsp3) is 0.208. The zero-order valence-electron chi connectivity index (χ0n) is 17.8. The Morgan fingerprint density at radius 2 is 1.61 bits per heavy atom. The third kappa shape index (κ3) is 6.08. The third-order valence-electron chi connectivity index (χ3n) is 4.94. The number of sulfonamides is 1. The van der Waals surface area contributed by atoms with E-state index in [-0.39, 0.29) is 23.5 Å². The van der Waals surface area contributed by atoms with Crippen molar-refractivity contribution in [1.82, 2.24) is 5.32 Å². The Hall–Kier alpha value is -3.32. The Kier molecular flexibility index (Phi) is 6.97. The number of hydrogen-bond donors (Lipinski definition) is 2. The lowest BCUT2D eigenvalue weighted by Gasteiger charge is -2.15. The van der Waals surface area contributed by atoms with Crippen LogP contribution >= 0.6 is 0 Å². The second-order valence-electron chi connectivity index (χ2n) is 7.36.